The number of amides is 2. The second-order valence-electron chi connectivity index (χ2n) is 5.25. The number of aromatic nitrogens is 1. The third kappa shape index (κ3) is 3.24. The van der Waals surface area contributed by atoms with E-state index in [0.717, 1.165) is 34.2 Å². The maximum absolute atomic E-state index is 11.9. The number of nitrogens with one attached hydrogen (secondary N) is 1. The summed E-state index contributed by atoms with van der Waals surface area (Å²) in [6, 6.07) is 5.92. The first-order chi connectivity index (χ1) is 11.2. The first-order valence-electron chi connectivity index (χ1n) is 7.55. The maximum Gasteiger partial charge on any atom is 0.317 e. The Morgan fingerprint density at radius 2 is 2.22 bits per heavy atom. The fourth-order valence-electron chi connectivity index (χ4n) is 2.58. The number of piperazine rings is 1. The highest BCUT2D eigenvalue weighted by Gasteiger charge is 2.23. The molecule has 0 radical (unpaired) electrons. The van der Waals surface area contributed by atoms with Crippen LogP contribution in [0.5, 0.6) is 5.75 Å². The van der Waals surface area contributed by atoms with Crippen LogP contribution in [0.2, 0.25) is 0 Å². The number of para-hydroxylation sites is 1. The summed E-state index contributed by atoms with van der Waals surface area (Å²) in [7, 11) is 1.66. The van der Waals surface area contributed by atoms with E-state index in [2.05, 4.69) is 22.9 Å². The Balaban J connectivity index is 1.68. The van der Waals surface area contributed by atoms with Crippen molar-refractivity contribution in [3.05, 3.63) is 30.9 Å². The Morgan fingerprint density at radius 1 is 1.43 bits per heavy atom. The Morgan fingerprint density at radius 3 is 2.91 bits per heavy atom. The van der Waals surface area contributed by atoms with Gasteiger partial charge in [-0.2, -0.15) is 0 Å². The van der Waals surface area contributed by atoms with Crippen LogP contribution in [0.3, 0.4) is 0 Å². The van der Waals surface area contributed by atoms with Gasteiger partial charge in [0.15, 0.2) is 5.13 Å². The van der Waals surface area contributed by atoms with Gasteiger partial charge in [0.25, 0.3) is 0 Å². The lowest BCUT2D eigenvalue weighted by Gasteiger charge is -2.34. The van der Waals surface area contributed by atoms with Gasteiger partial charge >= 0.3 is 6.03 Å². The molecule has 0 unspecified atom stereocenters. The van der Waals surface area contributed by atoms with E-state index in [4.69, 9.17) is 9.72 Å². The molecule has 122 valence electrons. The molecule has 1 aromatic heterocycles. The number of hydrogen-bond acceptors (Lipinski definition) is 5. The molecule has 3 rings (SSSR count). The van der Waals surface area contributed by atoms with E-state index in [-0.39, 0.29) is 6.03 Å². The maximum atomic E-state index is 11.9. The number of urea groups is 1. The van der Waals surface area contributed by atoms with Crippen molar-refractivity contribution in [3.63, 3.8) is 0 Å². The Hall–Kier alpha value is -2.28. The monoisotopic (exact) mass is 332 g/mol. The van der Waals surface area contributed by atoms with Crippen molar-refractivity contribution < 1.29 is 9.53 Å². The number of methoxy groups -OCH3 is 1. The molecule has 2 heterocycles. The van der Waals surface area contributed by atoms with Crippen molar-refractivity contribution in [1.29, 1.82) is 0 Å². The van der Waals surface area contributed by atoms with E-state index in [1.54, 1.807) is 24.5 Å². The number of hydrogen-bond donors (Lipinski definition) is 1. The fraction of sp³-hybridized carbons (Fsp3) is 0.375. The molecule has 0 bridgehead atoms. The van der Waals surface area contributed by atoms with Crippen LogP contribution in [0, 0.1) is 0 Å². The molecule has 0 saturated carbocycles. The average molecular weight is 332 g/mol. The zero-order valence-electron chi connectivity index (χ0n) is 13.1. The average Bonchev–Trinajstić information content (AvgIpc) is 3.04. The summed E-state index contributed by atoms with van der Waals surface area (Å²) < 4.78 is 6.49. The predicted octanol–water partition coefficient (Wildman–Crippen LogP) is 2.32. The standard InChI is InChI=1S/C16H20N4O2S/c1-3-7-17-15(21)19-8-10-20(11-9-19)16-18-14-12(22-2)5-4-6-13(14)23-16/h3-6H,1,7-11H2,2H3,(H,17,21). The molecule has 2 amide bonds. The summed E-state index contributed by atoms with van der Waals surface area (Å²) >= 11 is 1.66. The summed E-state index contributed by atoms with van der Waals surface area (Å²) in [4.78, 5) is 20.7. The minimum atomic E-state index is -0.0319. The normalized spacial score (nSPS) is 14.8. The molecule has 1 N–H and O–H groups in total. The topological polar surface area (TPSA) is 57.7 Å². The van der Waals surface area contributed by atoms with Crippen LogP contribution in [0.1, 0.15) is 0 Å². The lowest BCUT2D eigenvalue weighted by Crippen LogP contribution is -2.51. The smallest absolute Gasteiger partial charge is 0.317 e. The van der Waals surface area contributed by atoms with Crippen molar-refractivity contribution in [1.82, 2.24) is 15.2 Å². The van der Waals surface area contributed by atoms with Crippen LogP contribution >= 0.6 is 11.3 Å². The van der Waals surface area contributed by atoms with Crippen LogP contribution < -0.4 is 15.0 Å². The molecule has 0 aliphatic carbocycles. The van der Waals surface area contributed by atoms with Gasteiger partial charge in [0.05, 0.1) is 11.8 Å². The van der Waals surface area contributed by atoms with E-state index in [9.17, 15) is 4.79 Å². The predicted molar refractivity (Wildman–Crippen MR) is 93.6 cm³/mol. The number of carbonyl (C=O) groups excluding carboxylic acids is 1. The Bertz CT molecular complexity index is 707. The van der Waals surface area contributed by atoms with E-state index in [1.807, 2.05) is 17.0 Å². The summed E-state index contributed by atoms with van der Waals surface area (Å²) in [6.45, 7) is 7.05. The molecule has 1 saturated heterocycles. The molecule has 1 fully saturated rings. The van der Waals surface area contributed by atoms with Crippen LogP contribution in [0.4, 0.5) is 9.93 Å². The minimum absolute atomic E-state index is 0.0319. The number of benzene rings is 1. The Kier molecular flexibility index (Phi) is 4.66. The zero-order valence-corrected chi connectivity index (χ0v) is 13.9. The highest BCUT2D eigenvalue weighted by Crippen LogP contribution is 2.34. The van der Waals surface area contributed by atoms with Gasteiger partial charge in [0.2, 0.25) is 0 Å². The molecular formula is C16H20N4O2S. The first kappa shape index (κ1) is 15.6. The van der Waals surface area contributed by atoms with Crippen molar-refractivity contribution in [2.75, 3.05) is 44.7 Å². The van der Waals surface area contributed by atoms with Gasteiger partial charge in [-0.15, -0.1) is 6.58 Å². The number of ether oxygens (including phenoxy) is 1. The molecule has 1 aliphatic rings. The number of fused-ring (bicyclic) bond motifs is 1. The van der Waals surface area contributed by atoms with Crippen molar-refractivity contribution in [2.45, 2.75) is 0 Å². The molecule has 23 heavy (non-hydrogen) atoms. The molecule has 1 aromatic carbocycles. The van der Waals surface area contributed by atoms with Crippen molar-refractivity contribution in [2.24, 2.45) is 0 Å². The SMILES string of the molecule is C=CCNC(=O)N1CCN(c2nc3c(OC)cccc3s2)CC1. The van der Waals surface area contributed by atoms with Gasteiger partial charge in [0.1, 0.15) is 11.3 Å². The number of thiazole rings is 1. The number of nitrogens with zero attached hydrogens (tertiary/aromatic N) is 3. The van der Waals surface area contributed by atoms with Gasteiger partial charge in [-0.25, -0.2) is 9.78 Å². The highest BCUT2D eigenvalue weighted by atomic mass is 32.1. The lowest BCUT2D eigenvalue weighted by atomic mass is 10.3. The number of rotatable bonds is 4. The lowest BCUT2D eigenvalue weighted by molar-refractivity contribution is 0.195. The zero-order chi connectivity index (χ0) is 16.2. The summed E-state index contributed by atoms with van der Waals surface area (Å²) in [6.07, 6.45) is 1.68. The molecular weight excluding hydrogens is 312 g/mol. The third-order valence-corrected chi connectivity index (χ3v) is 4.91. The number of carbonyl (C=O) groups is 1. The second kappa shape index (κ2) is 6.87. The number of anilines is 1. The molecule has 7 heteroatoms. The molecule has 2 aromatic rings. The van der Waals surface area contributed by atoms with E-state index >= 15 is 0 Å². The first-order valence-corrected chi connectivity index (χ1v) is 8.36. The van der Waals surface area contributed by atoms with Crippen LogP contribution in [-0.4, -0.2) is 55.7 Å². The minimum Gasteiger partial charge on any atom is -0.494 e. The summed E-state index contributed by atoms with van der Waals surface area (Å²) in [5, 5.41) is 3.80. The van der Waals surface area contributed by atoms with Gasteiger partial charge in [-0.3, -0.25) is 0 Å². The summed E-state index contributed by atoms with van der Waals surface area (Å²) in [5.41, 5.74) is 0.904. The van der Waals surface area contributed by atoms with Crippen LogP contribution in [0.25, 0.3) is 10.2 Å². The van der Waals surface area contributed by atoms with E-state index < -0.39 is 0 Å². The van der Waals surface area contributed by atoms with E-state index in [0.29, 0.717) is 19.6 Å². The fourth-order valence-corrected chi connectivity index (χ4v) is 3.62. The van der Waals surface area contributed by atoms with E-state index in [1.165, 1.54) is 0 Å². The van der Waals surface area contributed by atoms with Crippen molar-refractivity contribution >= 4 is 32.7 Å². The van der Waals surface area contributed by atoms with Crippen molar-refractivity contribution in [3.8, 4) is 5.75 Å². The van der Waals surface area contributed by atoms with Gasteiger partial charge in [-0.05, 0) is 12.1 Å². The largest absolute Gasteiger partial charge is 0.494 e. The van der Waals surface area contributed by atoms with Gasteiger partial charge in [-0.1, -0.05) is 23.5 Å². The van der Waals surface area contributed by atoms with Gasteiger partial charge in [0, 0.05) is 32.7 Å². The molecule has 1 aliphatic heterocycles. The molecule has 0 spiro atoms. The highest BCUT2D eigenvalue weighted by molar-refractivity contribution is 7.22. The second-order valence-corrected chi connectivity index (χ2v) is 6.26. The summed E-state index contributed by atoms with van der Waals surface area (Å²) in [5.74, 6) is 0.799. The van der Waals surface area contributed by atoms with Crippen LogP contribution in [-0.2, 0) is 0 Å². The quantitative estimate of drug-likeness (QED) is 0.873. The Labute approximate surface area is 139 Å². The van der Waals surface area contributed by atoms with Gasteiger partial charge < -0.3 is 19.9 Å². The van der Waals surface area contributed by atoms with Crippen LogP contribution in [0.15, 0.2) is 30.9 Å². The third-order valence-electron chi connectivity index (χ3n) is 3.83. The molecule has 6 nitrogen and oxygen atoms in total. The molecule has 0 atom stereocenters.